The summed E-state index contributed by atoms with van der Waals surface area (Å²) in [6.07, 6.45) is -5.68. The quantitative estimate of drug-likeness (QED) is 0.426. The smallest absolute Gasteiger partial charge is 0.374 e. The second-order valence-electron chi connectivity index (χ2n) is 8.27. The lowest BCUT2D eigenvalue weighted by Crippen LogP contribution is -2.43. The maximum atomic E-state index is 14.2. The summed E-state index contributed by atoms with van der Waals surface area (Å²) in [5.74, 6) is -1.96. The van der Waals surface area contributed by atoms with E-state index in [-0.39, 0.29) is 29.4 Å². The van der Waals surface area contributed by atoms with Crippen LogP contribution in [0.4, 0.5) is 17.6 Å². The first-order valence-electron chi connectivity index (χ1n) is 10.7. The van der Waals surface area contributed by atoms with Gasteiger partial charge in [0.25, 0.3) is 17.4 Å². The van der Waals surface area contributed by atoms with Crippen LogP contribution in [0.15, 0.2) is 35.5 Å². The molecule has 2 amide bonds. The van der Waals surface area contributed by atoms with Crippen molar-refractivity contribution >= 4 is 40.7 Å². The Labute approximate surface area is 212 Å². The number of amides is 2. The summed E-state index contributed by atoms with van der Waals surface area (Å²) in [7, 11) is 0. The highest BCUT2D eigenvalue weighted by Gasteiger charge is 2.62. The van der Waals surface area contributed by atoms with E-state index in [9.17, 15) is 27.2 Å². The van der Waals surface area contributed by atoms with Gasteiger partial charge in [0.15, 0.2) is 5.82 Å². The molecule has 2 aromatic carbocycles. The number of hydrogen-bond acceptors (Lipinski definition) is 5. The zero-order valence-corrected chi connectivity index (χ0v) is 20.4. The van der Waals surface area contributed by atoms with Gasteiger partial charge < -0.3 is 10.2 Å². The van der Waals surface area contributed by atoms with Crippen LogP contribution in [0.3, 0.4) is 0 Å². The Kier molecular flexibility index (Phi) is 6.93. The number of rotatable bonds is 5. The first kappa shape index (κ1) is 26.2. The van der Waals surface area contributed by atoms with E-state index < -0.39 is 51.6 Å². The molecule has 2 aromatic rings. The van der Waals surface area contributed by atoms with Gasteiger partial charge in [-0.2, -0.15) is 13.2 Å². The summed E-state index contributed by atoms with van der Waals surface area (Å²) >= 11 is 11.5. The summed E-state index contributed by atoms with van der Waals surface area (Å²) in [5, 5.41) is 6.23. The van der Waals surface area contributed by atoms with Gasteiger partial charge in [-0.25, -0.2) is 9.45 Å². The molecular formula is C23H19Cl2F4N3O4. The van der Waals surface area contributed by atoms with Gasteiger partial charge in [0.2, 0.25) is 0 Å². The summed E-state index contributed by atoms with van der Waals surface area (Å²) < 4.78 is 56.4. The maximum absolute atomic E-state index is 14.2. The Morgan fingerprint density at radius 3 is 2.47 bits per heavy atom. The van der Waals surface area contributed by atoms with Crippen LogP contribution >= 0.6 is 23.2 Å². The molecule has 0 bridgehead atoms. The van der Waals surface area contributed by atoms with Crippen molar-refractivity contribution in [3.8, 4) is 0 Å². The van der Waals surface area contributed by atoms with Crippen molar-refractivity contribution in [2.75, 3.05) is 13.2 Å². The summed E-state index contributed by atoms with van der Waals surface area (Å²) in [4.78, 5) is 35.0. The Hall–Kier alpha value is -2.89. The number of halogens is 6. The molecule has 7 nitrogen and oxygen atoms in total. The molecule has 0 aromatic heterocycles. The Balaban J connectivity index is 1.57. The van der Waals surface area contributed by atoms with Gasteiger partial charge in [0.05, 0.1) is 15.8 Å². The first-order valence-corrected chi connectivity index (χ1v) is 11.5. The fraction of sp³-hybridized carbons (Fsp3) is 0.348. The molecule has 2 aliphatic heterocycles. The summed E-state index contributed by atoms with van der Waals surface area (Å²) in [6.45, 7) is 3.66. The number of hydroxylamine groups is 2. The normalized spacial score (nSPS) is 22.0. The van der Waals surface area contributed by atoms with E-state index in [1.807, 2.05) is 0 Å². The number of oxime groups is 1. The van der Waals surface area contributed by atoms with Gasteiger partial charge in [-0.15, -0.1) is 0 Å². The Morgan fingerprint density at radius 1 is 1.25 bits per heavy atom. The van der Waals surface area contributed by atoms with Crippen LogP contribution in [0.25, 0.3) is 0 Å². The predicted octanol–water partition coefficient (Wildman–Crippen LogP) is 4.92. The first-order chi connectivity index (χ1) is 16.9. The number of carbonyl (C=O) groups is 2. The summed E-state index contributed by atoms with van der Waals surface area (Å²) in [5.41, 5.74) is -2.53. The summed E-state index contributed by atoms with van der Waals surface area (Å²) in [6, 6.07) is 5.10. The molecule has 13 heteroatoms. The van der Waals surface area contributed by atoms with Crippen LogP contribution < -0.4 is 5.32 Å². The topological polar surface area (TPSA) is 80.2 Å². The van der Waals surface area contributed by atoms with Crippen LogP contribution in [0, 0.1) is 12.7 Å². The SMILES string of the molecule is CCN1OC[C@H](NC(=O)c2ccc(C3=NO[C@@](c4cc(Cl)c(F)c(Cl)c4)(C(F)(F)F)C3)cc2C)C1=O. The minimum atomic E-state index is -4.94. The molecule has 4 rings (SSSR count). The largest absolute Gasteiger partial charge is 0.435 e. The number of likely N-dealkylation sites (N-methyl/N-ethyl adjacent to an activating group) is 1. The molecular weight excluding hydrogens is 529 g/mol. The van der Waals surface area contributed by atoms with Crippen LogP contribution in [-0.2, 0) is 20.1 Å². The lowest BCUT2D eigenvalue weighted by Gasteiger charge is -2.29. The molecule has 2 heterocycles. The minimum absolute atomic E-state index is 0.000628. The van der Waals surface area contributed by atoms with Crippen molar-refractivity contribution in [3.05, 3.63) is 68.4 Å². The van der Waals surface area contributed by atoms with Gasteiger partial charge in [-0.05, 0) is 49.2 Å². The average molecular weight is 548 g/mol. The number of carbonyl (C=O) groups excluding carboxylic acids is 2. The molecule has 1 fully saturated rings. The number of hydrogen-bond donors (Lipinski definition) is 1. The van der Waals surface area contributed by atoms with E-state index in [0.717, 1.165) is 17.2 Å². The van der Waals surface area contributed by atoms with Crippen molar-refractivity contribution in [2.45, 2.75) is 38.1 Å². The standard InChI is InChI=1S/C23H19Cl2F4N3O4/c1-3-32-21(34)18(10-35-32)30-20(33)14-5-4-12(6-11(14)2)17-9-22(36-31-17,23(27,28)29)13-7-15(24)19(26)16(25)8-13/h4-8,18H,3,9-10H2,1-2H3,(H,30,33)/t18-,22-/m0/s1. The van der Waals surface area contributed by atoms with Gasteiger partial charge in [-0.1, -0.05) is 34.4 Å². The van der Waals surface area contributed by atoms with E-state index in [0.29, 0.717) is 12.1 Å². The van der Waals surface area contributed by atoms with E-state index in [1.54, 1.807) is 13.8 Å². The van der Waals surface area contributed by atoms with Crippen molar-refractivity contribution in [2.24, 2.45) is 5.16 Å². The number of nitrogens with one attached hydrogen (secondary N) is 1. The van der Waals surface area contributed by atoms with Crippen LogP contribution in [0.5, 0.6) is 0 Å². The van der Waals surface area contributed by atoms with E-state index in [4.69, 9.17) is 32.9 Å². The Morgan fingerprint density at radius 2 is 1.92 bits per heavy atom. The van der Waals surface area contributed by atoms with Gasteiger partial charge in [0, 0.05) is 24.1 Å². The van der Waals surface area contributed by atoms with Gasteiger partial charge in [0.1, 0.15) is 12.6 Å². The minimum Gasteiger partial charge on any atom is -0.374 e. The second-order valence-corrected chi connectivity index (χ2v) is 9.08. The highest BCUT2D eigenvalue weighted by atomic mass is 35.5. The average Bonchev–Trinajstić information content (AvgIpc) is 3.42. The number of benzene rings is 2. The highest BCUT2D eigenvalue weighted by molar-refractivity contribution is 6.35. The van der Waals surface area contributed by atoms with Crippen LogP contribution in [-0.4, -0.2) is 48.0 Å². The molecule has 1 saturated heterocycles. The predicted molar refractivity (Wildman–Crippen MR) is 122 cm³/mol. The van der Waals surface area contributed by atoms with Crippen molar-refractivity contribution in [1.29, 1.82) is 0 Å². The molecule has 0 spiro atoms. The molecule has 1 N–H and O–H groups in total. The number of nitrogens with zero attached hydrogens (tertiary/aromatic N) is 2. The lowest BCUT2D eigenvalue weighted by molar-refractivity contribution is -0.275. The molecule has 2 atom stereocenters. The number of alkyl halides is 3. The van der Waals surface area contributed by atoms with Crippen LogP contribution in [0.2, 0.25) is 10.0 Å². The molecule has 0 saturated carbocycles. The molecule has 0 unspecified atom stereocenters. The fourth-order valence-electron chi connectivity index (χ4n) is 4.00. The van der Waals surface area contributed by atoms with E-state index in [2.05, 4.69) is 10.5 Å². The van der Waals surface area contributed by atoms with E-state index in [1.165, 1.54) is 18.2 Å². The lowest BCUT2D eigenvalue weighted by atomic mass is 9.86. The molecule has 192 valence electrons. The van der Waals surface area contributed by atoms with Crippen molar-refractivity contribution < 1.29 is 36.8 Å². The third-order valence-corrected chi connectivity index (χ3v) is 6.52. The highest BCUT2D eigenvalue weighted by Crippen LogP contribution is 2.50. The molecule has 36 heavy (non-hydrogen) atoms. The number of aryl methyl sites for hydroxylation is 1. The third kappa shape index (κ3) is 4.51. The van der Waals surface area contributed by atoms with Gasteiger partial charge in [-0.3, -0.25) is 14.4 Å². The fourth-order valence-corrected chi connectivity index (χ4v) is 4.49. The monoisotopic (exact) mass is 547 g/mol. The van der Waals surface area contributed by atoms with Crippen LogP contribution in [0.1, 0.15) is 40.4 Å². The Bertz CT molecular complexity index is 1250. The van der Waals surface area contributed by atoms with Crippen molar-refractivity contribution in [3.63, 3.8) is 0 Å². The maximum Gasteiger partial charge on any atom is 0.435 e. The van der Waals surface area contributed by atoms with Gasteiger partial charge >= 0.3 is 6.18 Å². The zero-order chi connectivity index (χ0) is 26.4. The third-order valence-electron chi connectivity index (χ3n) is 5.97. The van der Waals surface area contributed by atoms with Crippen molar-refractivity contribution in [1.82, 2.24) is 10.4 Å². The second kappa shape index (κ2) is 9.53. The molecule has 2 aliphatic rings. The molecule has 0 radical (unpaired) electrons. The molecule has 0 aliphatic carbocycles. The zero-order valence-electron chi connectivity index (χ0n) is 18.9. The van der Waals surface area contributed by atoms with E-state index >= 15 is 0 Å².